The maximum Gasteiger partial charge on any atom is 0.0792 e. The van der Waals surface area contributed by atoms with E-state index in [9.17, 15) is 5.11 Å². The molecule has 0 heterocycles. The Morgan fingerprint density at radius 3 is 2.56 bits per heavy atom. The van der Waals surface area contributed by atoms with Crippen LogP contribution in [-0.2, 0) is 0 Å². The summed E-state index contributed by atoms with van der Waals surface area (Å²) in [6.07, 6.45) is 6.40. The molecule has 2 aliphatic carbocycles. The highest BCUT2D eigenvalue weighted by molar-refractivity contribution is 5.17. The predicted octanol–water partition coefficient (Wildman–Crippen LogP) is 3.55. The molecular formula is C15H20O. The molecule has 1 heteroatoms. The van der Waals surface area contributed by atoms with E-state index in [0.29, 0.717) is 0 Å². The average Bonchev–Trinajstić information content (AvgIpc) is 2.92. The van der Waals surface area contributed by atoms with Gasteiger partial charge in [-0.05, 0) is 49.0 Å². The molecule has 1 nitrogen and oxygen atoms in total. The predicted molar refractivity (Wildman–Crippen MR) is 65.0 cm³/mol. The van der Waals surface area contributed by atoms with Crippen molar-refractivity contribution >= 4 is 0 Å². The second-order valence-electron chi connectivity index (χ2n) is 5.60. The molecule has 16 heavy (non-hydrogen) atoms. The first kappa shape index (κ1) is 10.3. The third-order valence-corrected chi connectivity index (χ3v) is 4.59. The van der Waals surface area contributed by atoms with Gasteiger partial charge in [-0.3, -0.25) is 0 Å². The van der Waals surface area contributed by atoms with Crippen molar-refractivity contribution in [2.45, 2.75) is 38.2 Å². The fourth-order valence-corrected chi connectivity index (χ4v) is 3.76. The number of aliphatic hydroxyl groups excluding tert-OH is 1. The van der Waals surface area contributed by atoms with E-state index >= 15 is 0 Å². The van der Waals surface area contributed by atoms with Crippen molar-refractivity contribution in [1.29, 1.82) is 0 Å². The van der Waals surface area contributed by atoms with Gasteiger partial charge in [0.2, 0.25) is 0 Å². The normalized spacial score (nSPS) is 34.2. The Bertz CT molecular complexity index is 346. The van der Waals surface area contributed by atoms with E-state index in [0.717, 1.165) is 29.7 Å². The van der Waals surface area contributed by atoms with Crippen molar-refractivity contribution in [1.82, 2.24) is 0 Å². The topological polar surface area (TPSA) is 20.2 Å². The summed E-state index contributed by atoms with van der Waals surface area (Å²) in [6, 6.07) is 10.1. The fraction of sp³-hybridized carbons (Fsp3) is 0.600. The number of hydrogen-bond donors (Lipinski definition) is 1. The molecule has 2 bridgehead atoms. The van der Waals surface area contributed by atoms with Crippen LogP contribution in [-0.4, -0.2) is 5.11 Å². The number of rotatable bonds is 3. The molecule has 1 aromatic rings. The van der Waals surface area contributed by atoms with Crippen LogP contribution in [0.1, 0.15) is 43.8 Å². The van der Waals surface area contributed by atoms with Gasteiger partial charge in [0.1, 0.15) is 0 Å². The fourth-order valence-electron chi connectivity index (χ4n) is 3.76. The SMILES string of the molecule is OC(CC1CC2CCC1C2)c1ccccc1. The molecule has 2 fully saturated rings. The maximum absolute atomic E-state index is 10.2. The first-order valence-corrected chi connectivity index (χ1v) is 6.56. The van der Waals surface area contributed by atoms with Gasteiger partial charge in [-0.2, -0.15) is 0 Å². The van der Waals surface area contributed by atoms with Crippen LogP contribution in [0.2, 0.25) is 0 Å². The maximum atomic E-state index is 10.2. The van der Waals surface area contributed by atoms with Crippen molar-refractivity contribution in [3.8, 4) is 0 Å². The van der Waals surface area contributed by atoms with Crippen molar-refractivity contribution in [3.05, 3.63) is 35.9 Å². The Labute approximate surface area is 97.5 Å². The lowest BCUT2D eigenvalue weighted by atomic mass is 9.83. The van der Waals surface area contributed by atoms with Gasteiger partial charge in [-0.1, -0.05) is 36.8 Å². The molecule has 0 aliphatic heterocycles. The molecule has 1 N–H and O–H groups in total. The smallest absolute Gasteiger partial charge is 0.0792 e. The summed E-state index contributed by atoms with van der Waals surface area (Å²) >= 11 is 0. The Hall–Kier alpha value is -0.820. The van der Waals surface area contributed by atoms with Gasteiger partial charge >= 0.3 is 0 Å². The second-order valence-corrected chi connectivity index (χ2v) is 5.60. The molecule has 0 aromatic heterocycles. The second kappa shape index (κ2) is 4.21. The minimum Gasteiger partial charge on any atom is -0.388 e. The minimum atomic E-state index is -0.245. The van der Waals surface area contributed by atoms with Gasteiger partial charge in [0.25, 0.3) is 0 Å². The van der Waals surface area contributed by atoms with Gasteiger partial charge in [-0.15, -0.1) is 0 Å². The van der Waals surface area contributed by atoms with Crippen LogP contribution in [0, 0.1) is 17.8 Å². The molecule has 4 atom stereocenters. The summed E-state index contributed by atoms with van der Waals surface area (Å²) < 4.78 is 0. The van der Waals surface area contributed by atoms with Crippen molar-refractivity contribution in [2.75, 3.05) is 0 Å². The summed E-state index contributed by atoms with van der Waals surface area (Å²) in [5.41, 5.74) is 1.09. The number of hydrogen-bond acceptors (Lipinski definition) is 1. The molecule has 2 saturated carbocycles. The van der Waals surface area contributed by atoms with Crippen LogP contribution in [0.5, 0.6) is 0 Å². The molecule has 86 valence electrons. The lowest BCUT2D eigenvalue weighted by Gasteiger charge is -2.24. The van der Waals surface area contributed by atoms with Crippen LogP contribution >= 0.6 is 0 Å². The van der Waals surface area contributed by atoms with Crippen molar-refractivity contribution in [3.63, 3.8) is 0 Å². The molecule has 0 saturated heterocycles. The molecule has 3 rings (SSSR count). The summed E-state index contributed by atoms with van der Waals surface area (Å²) in [6.45, 7) is 0. The van der Waals surface area contributed by atoms with E-state index in [2.05, 4.69) is 0 Å². The Morgan fingerprint density at radius 2 is 1.94 bits per heavy atom. The standard InChI is InChI=1S/C15H20O/c16-15(12-4-2-1-3-5-12)10-14-9-11-6-7-13(14)8-11/h1-5,11,13-16H,6-10H2. The third kappa shape index (κ3) is 1.89. The Morgan fingerprint density at radius 1 is 1.12 bits per heavy atom. The van der Waals surface area contributed by atoms with Crippen LogP contribution < -0.4 is 0 Å². The number of fused-ring (bicyclic) bond motifs is 2. The summed E-state index contributed by atoms with van der Waals surface area (Å²) in [4.78, 5) is 0. The highest BCUT2D eigenvalue weighted by Crippen LogP contribution is 2.50. The monoisotopic (exact) mass is 216 g/mol. The van der Waals surface area contributed by atoms with E-state index in [4.69, 9.17) is 0 Å². The molecule has 0 amide bonds. The zero-order chi connectivity index (χ0) is 11.0. The zero-order valence-corrected chi connectivity index (χ0v) is 9.68. The number of aliphatic hydroxyl groups is 1. The van der Waals surface area contributed by atoms with Gasteiger partial charge in [-0.25, -0.2) is 0 Å². The summed E-state index contributed by atoms with van der Waals surface area (Å²) in [7, 11) is 0. The molecule has 2 aliphatic rings. The van der Waals surface area contributed by atoms with E-state index in [1.807, 2.05) is 30.3 Å². The lowest BCUT2D eigenvalue weighted by Crippen LogP contribution is -2.14. The molecule has 4 unspecified atom stereocenters. The van der Waals surface area contributed by atoms with Crippen molar-refractivity contribution < 1.29 is 5.11 Å². The summed E-state index contributed by atoms with van der Waals surface area (Å²) in [5, 5.41) is 10.2. The molecule has 0 spiro atoms. The van der Waals surface area contributed by atoms with Gasteiger partial charge in [0, 0.05) is 0 Å². The minimum absolute atomic E-state index is 0.245. The first-order chi connectivity index (χ1) is 7.83. The van der Waals surface area contributed by atoms with Crippen LogP contribution in [0.4, 0.5) is 0 Å². The van der Waals surface area contributed by atoms with Gasteiger partial charge in [0.05, 0.1) is 6.10 Å². The highest BCUT2D eigenvalue weighted by Gasteiger charge is 2.39. The third-order valence-electron chi connectivity index (χ3n) is 4.59. The van der Waals surface area contributed by atoms with Crippen molar-refractivity contribution in [2.24, 2.45) is 17.8 Å². The van der Waals surface area contributed by atoms with Crippen LogP contribution in [0.25, 0.3) is 0 Å². The zero-order valence-electron chi connectivity index (χ0n) is 9.68. The highest BCUT2D eigenvalue weighted by atomic mass is 16.3. The van der Waals surface area contributed by atoms with Crippen LogP contribution in [0.3, 0.4) is 0 Å². The van der Waals surface area contributed by atoms with E-state index in [1.54, 1.807) is 0 Å². The summed E-state index contributed by atoms with van der Waals surface area (Å²) in [5.74, 6) is 2.69. The van der Waals surface area contributed by atoms with Gasteiger partial charge < -0.3 is 5.11 Å². The molecule has 0 radical (unpaired) electrons. The lowest BCUT2D eigenvalue weighted by molar-refractivity contribution is 0.125. The van der Waals surface area contributed by atoms with Crippen LogP contribution in [0.15, 0.2) is 30.3 Å². The first-order valence-electron chi connectivity index (χ1n) is 6.56. The van der Waals surface area contributed by atoms with E-state index < -0.39 is 0 Å². The van der Waals surface area contributed by atoms with Gasteiger partial charge in [0.15, 0.2) is 0 Å². The Balaban J connectivity index is 1.63. The molecule has 1 aromatic carbocycles. The Kier molecular flexibility index (Phi) is 2.72. The average molecular weight is 216 g/mol. The van der Waals surface area contributed by atoms with E-state index in [-0.39, 0.29) is 6.10 Å². The largest absolute Gasteiger partial charge is 0.388 e. The number of benzene rings is 1. The van der Waals surface area contributed by atoms with E-state index in [1.165, 1.54) is 25.7 Å². The molecular weight excluding hydrogens is 196 g/mol. The quantitative estimate of drug-likeness (QED) is 0.819.